The lowest BCUT2D eigenvalue weighted by Gasteiger charge is -2.28. The summed E-state index contributed by atoms with van der Waals surface area (Å²) < 4.78 is 17.1. The third kappa shape index (κ3) is 6.92. The summed E-state index contributed by atoms with van der Waals surface area (Å²) in [6.07, 6.45) is 2.51. The Morgan fingerprint density at radius 1 is 1.00 bits per heavy atom. The molecule has 0 unspecified atom stereocenters. The Morgan fingerprint density at radius 2 is 1.67 bits per heavy atom. The number of alkyl carbamates (subject to hydrolysis) is 1. The van der Waals surface area contributed by atoms with E-state index in [9.17, 15) is 14.4 Å². The lowest BCUT2D eigenvalue weighted by molar-refractivity contribution is -0.130. The van der Waals surface area contributed by atoms with Crippen molar-refractivity contribution in [2.45, 2.75) is 116 Å². The number of carbonyl (C=O) groups excluding carboxylic acids is 3. The van der Waals surface area contributed by atoms with E-state index in [1.54, 1.807) is 46.4 Å². The second kappa shape index (κ2) is 11.2. The van der Waals surface area contributed by atoms with Gasteiger partial charge in [-0.15, -0.1) is 10.2 Å². The van der Waals surface area contributed by atoms with Crippen molar-refractivity contribution in [3.8, 4) is 0 Å². The SMILES string of the molecule is CCCCON1C(=O)N2C[C@@H]1CC[C@H]2c1nnc([C@@H]2C[C@@H](NC(=O)OC(C)(C)C)CN2C(=O)OC(C)(C)C)o1. The van der Waals surface area contributed by atoms with Crippen LogP contribution < -0.4 is 5.32 Å². The highest BCUT2D eigenvalue weighted by atomic mass is 16.7. The van der Waals surface area contributed by atoms with Crippen molar-refractivity contribution in [2.75, 3.05) is 19.7 Å². The second-order valence-electron chi connectivity index (χ2n) is 12.4. The zero-order valence-electron chi connectivity index (χ0n) is 24.1. The molecule has 1 N–H and O–H groups in total. The molecule has 13 nitrogen and oxygen atoms in total. The molecule has 4 amide bonds. The summed E-state index contributed by atoms with van der Waals surface area (Å²) in [5.41, 5.74) is -1.37. The number of aromatic nitrogens is 2. The van der Waals surface area contributed by atoms with Gasteiger partial charge < -0.3 is 24.1 Å². The predicted octanol–water partition coefficient (Wildman–Crippen LogP) is 4.32. The molecule has 1 aromatic heterocycles. The normalized spacial score (nSPS) is 25.3. The molecule has 0 aromatic carbocycles. The van der Waals surface area contributed by atoms with Crippen LogP contribution in [-0.2, 0) is 14.3 Å². The number of nitrogens with one attached hydrogen (secondary N) is 1. The monoisotopic (exact) mass is 550 g/mol. The van der Waals surface area contributed by atoms with Crippen molar-refractivity contribution < 1.29 is 33.1 Å². The number of likely N-dealkylation sites (tertiary alicyclic amines) is 1. The molecule has 218 valence electrons. The van der Waals surface area contributed by atoms with Crippen LogP contribution in [-0.4, -0.2) is 86.3 Å². The Labute approximate surface area is 229 Å². The number of hydrogen-bond donors (Lipinski definition) is 1. The van der Waals surface area contributed by atoms with E-state index in [4.69, 9.17) is 18.7 Å². The van der Waals surface area contributed by atoms with Gasteiger partial charge in [-0.05, 0) is 67.2 Å². The molecule has 3 aliphatic heterocycles. The second-order valence-corrected chi connectivity index (χ2v) is 12.4. The first-order valence-electron chi connectivity index (χ1n) is 13.8. The number of fused-ring (bicyclic) bond motifs is 2. The topological polar surface area (TPSA) is 140 Å². The van der Waals surface area contributed by atoms with Gasteiger partial charge in [0.2, 0.25) is 11.8 Å². The lowest BCUT2D eigenvalue weighted by Crippen LogP contribution is -2.42. The Morgan fingerprint density at radius 3 is 2.31 bits per heavy atom. The van der Waals surface area contributed by atoms with Crippen LogP contribution in [0.3, 0.4) is 0 Å². The minimum Gasteiger partial charge on any atom is -0.444 e. The fraction of sp³-hybridized carbons (Fsp3) is 0.808. The van der Waals surface area contributed by atoms with Gasteiger partial charge in [-0.2, -0.15) is 5.06 Å². The zero-order chi connectivity index (χ0) is 28.5. The molecule has 3 aliphatic rings. The highest BCUT2D eigenvalue weighted by molar-refractivity contribution is 5.77. The molecule has 3 fully saturated rings. The van der Waals surface area contributed by atoms with Crippen LogP contribution in [0.15, 0.2) is 4.42 Å². The average Bonchev–Trinajstić information content (AvgIpc) is 3.51. The first kappa shape index (κ1) is 28.9. The number of carbonyl (C=O) groups is 3. The number of piperidine rings is 1. The van der Waals surface area contributed by atoms with Crippen molar-refractivity contribution in [1.29, 1.82) is 0 Å². The Kier molecular flexibility index (Phi) is 8.29. The summed E-state index contributed by atoms with van der Waals surface area (Å²) in [6, 6.07) is -1.58. The molecule has 4 atom stereocenters. The maximum absolute atomic E-state index is 13.1. The van der Waals surface area contributed by atoms with E-state index < -0.39 is 35.5 Å². The van der Waals surface area contributed by atoms with Crippen molar-refractivity contribution in [3.05, 3.63) is 11.8 Å². The summed E-state index contributed by atoms with van der Waals surface area (Å²) in [4.78, 5) is 47.6. The summed E-state index contributed by atoms with van der Waals surface area (Å²) in [5.74, 6) is 0.550. The molecule has 1 aromatic rings. The molecule has 13 heteroatoms. The zero-order valence-corrected chi connectivity index (χ0v) is 24.1. The Bertz CT molecular complexity index is 1050. The van der Waals surface area contributed by atoms with Gasteiger partial charge in [-0.25, -0.2) is 14.4 Å². The van der Waals surface area contributed by atoms with E-state index >= 15 is 0 Å². The van der Waals surface area contributed by atoms with Crippen molar-refractivity contribution in [2.24, 2.45) is 0 Å². The molecule has 3 saturated heterocycles. The van der Waals surface area contributed by atoms with Crippen molar-refractivity contribution in [3.63, 3.8) is 0 Å². The number of hydrogen-bond acceptors (Lipinski definition) is 9. The number of amides is 4. The van der Waals surface area contributed by atoms with Crippen LogP contribution in [0.25, 0.3) is 0 Å². The predicted molar refractivity (Wildman–Crippen MR) is 138 cm³/mol. The van der Waals surface area contributed by atoms with Crippen LogP contribution in [0.4, 0.5) is 14.4 Å². The number of nitrogens with zero attached hydrogens (tertiary/aromatic N) is 5. The molecule has 0 saturated carbocycles. The van der Waals surface area contributed by atoms with Gasteiger partial charge in [-0.1, -0.05) is 13.3 Å². The van der Waals surface area contributed by atoms with Gasteiger partial charge in [-0.3, -0.25) is 9.74 Å². The number of rotatable bonds is 7. The highest BCUT2D eigenvalue weighted by Gasteiger charge is 2.48. The minimum absolute atomic E-state index is 0.00479. The average molecular weight is 551 g/mol. The quantitative estimate of drug-likeness (QED) is 0.492. The molecule has 0 radical (unpaired) electrons. The standard InChI is InChI=1S/C26H42N6O7/c1-8-9-12-36-32-17-10-11-18(30(15-17)23(32)34)20-28-29-21(37-20)19-13-16(27-22(33)38-25(2,3)4)14-31(19)24(35)39-26(5,6)7/h16-19H,8-15H2,1-7H3,(H,27,33)/t16-,17+,18+,19+/m1/s1. The first-order chi connectivity index (χ1) is 18.3. The van der Waals surface area contributed by atoms with Crippen molar-refractivity contribution >= 4 is 18.2 Å². The summed E-state index contributed by atoms with van der Waals surface area (Å²) >= 11 is 0. The third-order valence-electron chi connectivity index (χ3n) is 6.73. The first-order valence-corrected chi connectivity index (χ1v) is 13.8. The number of ether oxygens (including phenoxy) is 2. The molecular formula is C26H42N6O7. The summed E-state index contributed by atoms with van der Waals surface area (Å²) in [7, 11) is 0. The van der Waals surface area contributed by atoms with Gasteiger partial charge in [0.25, 0.3) is 0 Å². The number of hydroxylamine groups is 2. The highest BCUT2D eigenvalue weighted by Crippen LogP contribution is 2.40. The van der Waals surface area contributed by atoms with E-state index in [0.29, 0.717) is 31.9 Å². The van der Waals surface area contributed by atoms with Gasteiger partial charge in [0.05, 0.1) is 18.7 Å². The van der Waals surface area contributed by atoms with E-state index in [0.717, 1.165) is 19.3 Å². The molecule has 0 spiro atoms. The smallest absolute Gasteiger partial charge is 0.411 e. The minimum atomic E-state index is -0.710. The van der Waals surface area contributed by atoms with Gasteiger partial charge in [0.1, 0.15) is 23.3 Å². The number of unbranched alkanes of at least 4 members (excludes halogenated alkanes) is 1. The molecule has 2 bridgehead atoms. The largest absolute Gasteiger partial charge is 0.444 e. The van der Waals surface area contributed by atoms with E-state index in [-0.39, 0.29) is 30.6 Å². The van der Waals surface area contributed by atoms with E-state index in [1.807, 2.05) is 0 Å². The molecule has 4 rings (SSSR count). The maximum atomic E-state index is 13.1. The maximum Gasteiger partial charge on any atom is 0.411 e. The Balaban J connectivity index is 1.49. The van der Waals surface area contributed by atoms with E-state index in [1.165, 1.54) is 9.96 Å². The number of urea groups is 1. The van der Waals surface area contributed by atoms with Crippen LogP contribution >= 0.6 is 0 Å². The molecule has 39 heavy (non-hydrogen) atoms. The van der Waals surface area contributed by atoms with Crippen molar-refractivity contribution in [1.82, 2.24) is 30.4 Å². The Hall–Kier alpha value is -3.09. The molecule has 4 heterocycles. The van der Waals surface area contributed by atoms with Crippen LogP contribution in [0, 0.1) is 0 Å². The van der Waals surface area contributed by atoms with E-state index in [2.05, 4.69) is 22.4 Å². The third-order valence-corrected chi connectivity index (χ3v) is 6.73. The van der Waals surface area contributed by atoms with Gasteiger partial charge in [0.15, 0.2) is 0 Å². The van der Waals surface area contributed by atoms with Gasteiger partial charge >= 0.3 is 18.2 Å². The summed E-state index contributed by atoms with van der Waals surface area (Å²) in [6.45, 7) is 14.0. The van der Waals surface area contributed by atoms with Crippen LogP contribution in [0.5, 0.6) is 0 Å². The fourth-order valence-electron chi connectivity index (χ4n) is 5.05. The van der Waals surface area contributed by atoms with Crippen LogP contribution in [0.1, 0.15) is 104 Å². The molecular weight excluding hydrogens is 508 g/mol. The lowest BCUT2D eigenvalue weighted by atomic mass is 10.0. The molecule has 0 aliphatic carbocycles. The summed E-state index contributed by atoms with van der Waals surface area (Å²) in [5, 5.41) is 12.9. The fourth-order valence-corrected chi connectivity index (χ4v) is 5.05. The van der Waals surface area contributed by atoms with Gasteiger partial charge in [0, 0.05) is 13.1 Å². The van der Waals surface area contributed by atoms with Crippen LogP contribution in [0.2, 0.25) is 0 Å².